The van der Waals surface area contributed by atoms with E-state index < -0.39 is 0 Å². The van der Waals surface area contributed by atoms with Crippen LogP contribution in [0.1, 0.15) is 26.0 Å². The Morgan fingerprint density at radius 2 is 2.17 bits per heavy atom. The number of rotatable bonds is 2. The monoisotopic (exact) mass is 253 g/mol. The largest absolute Gasteiger partial charge is 0.381 e. The van der Waals surface area contributed by atoms with Crippen LogP contribution in [0.3, 0.4) is 0 Å². The summed E-state index contributed by atoms with van der Waals surface area (Å²) in [5, 5.41) is 0. The van der Waals surface area contributed by atoms with E-state index in [0.717, 1.165) is 19.5 Å². The molecule has 0 bridgehead atoms. The van der Waals surface area contributed by atoms with Gasteiger partial charge in [-0.1, -0.05) is 13.8 Å². The molecule has 1 aliphatic rings. The number of nitrogens with zero attached hydrogens (tertiary/aromatic N) is 3. The van der Waals surface area contributed by atoms with Crippen molar-refractivity contribution in [1.82, 2.24) is 9.97 Å². The molecule has 0 aromatic carbocycles. The second-order valence-electron chi connectivity index (χ2n) is 5.52. The smallest absolute Gasteiger partial charge is 0.186 e. The first-order valence-electron chi connectivity index (χ1n) is 6.20. The van der Waals surface area contributed by atoms with Crippen LogP contribution in [0.25, 0.3) is 0 Å². The molecule has 1 unspecified atom stereocenters. The van der Waals surface area contributed by atoms with E-state index in [-0.39, 0.29) is 17.3 Å². The number of ether oxygens (including phenoxy) is 1. The number of hydrogen-bond donors (Lipinski definition) is 0. The lowest BCUT2D eigenvalue weighted by Crippen LogP contribution is -2.50. The summed E-state index contributed by atoms with van der Waals surface area (Å²) in [6.45, 7) is 7.43. The minimum absolute atomic E-state index is 0.0156. The van der Waals surface area contributed by atoms with Crippen LogP contribution in [0.15, 0.2) is 6.33 Å². The van der Waals surface area contributed by atoms with E-state index in [0.29, 0.717) is 11.5 Å². The van der Waals surface area contributed by atoms with Crippen molar-refractivity contribution in [3.8, 4) is 0 Å². The lowest BCUT2D eigenvalue weighted by Gasteiger charge is -2.43. The molecule has 5 heteroatoms. The standard InChI is InChI=1S/C13H20FN3O/c1-9-11(14)12(16-8-15-9)17-6-5-10(18-4)13(2,3)7-17/h8,10H,5-7H2,1-4H3. The van der Waals surface area contributed by atoms with Crippen molar-refractivity contribution < 1.29 is 9.13 Å². The van der Waals surface area contributed by atoms with E-state index in [9.17, 15) is 4.39 Å². The van der Waals surface area contributed by atoms with E-state index in [2.05, 4.69) is 23.8 Å². The Kier molecular flexibility index (Phi) is 3.52. The van der Waals surface area contributed by atoms with Crippen molar-refractivity contribution >= 4 is 5.82 Å². The van der Waals surface area contributed by atoms with Gasteiger partial charge in [0.1, 0.15) is 6.33 Å². The van der Waals surface area contributed by atoms with Crippen molar-refractivity contribution in [2.75, 3.05) is 25.1 Å². The predicted molar refractivity (Wildman–Crippen MR) is 68.1 cm³/mol. The average Bonchev–Trinajstić information content (AvgIpc) is 2.31. The van der Waals surface area contributed by atoms with E-state index >= 15 is 0 Å². The molecule has 18 heavy (non-hydrogen) atoms. The SMILES string of the molecule is COC1CCN(c2ncnc(C)c2F)CC1(C)C. The number of methoxy groups -OCH3 is 1. The molecule has 1 aromatic heterocycles. The van der Waals surface area contributed by atoms with Crippen LogP contribution in [0, 0.1) is 18.2 Å². The first-order valence-corrected chi connectivity index (χ1v) is 6.20. The molecule has 4 nitrogen and oxygen atoms in total. The second-order valence-corrected chi connectivity index (χ2v) is 5.52. The third-order valence-electron chi connectivity index (χ3n) is 3.66. The molecule has 0 amide bonds. The molecule has 2 rings (SSSR count). The Labute approximate surface area is 107 Å². The number of aryl methyl sites for hydroxylation is 1. The highest BCUT2D eigenvalue weighted by atomic mass is 19.1. The fourth-order valence-electron chi connectivity index (χ4n) is 2.62. The summed E-state index contributed by atoms with van der Waals surface area (Å²) in [4.78, 5) is 9.93. The highest BCUT2D eigenvalue weighted by molar-refractivity contribution is 5.41. The molecular weight excluding hydrogens is 233 g/mol. The molecule has 0 spiro atoms. The van der Waals surface area contributed by atoms with Gasteiger partial charge >= 0.3 is 0 Å². The molecule has 0 aliphatic carbocycles. The highest BCUT2D eigenvalue weighted by Gasteiger charge is 2.37. The maximum atomic E-state index is 14.0. The Bertz CT molecular complexity index is 436. The topological polar surface area (TPSA) is 38.2 Å². The normalized spacial score (nSPS) is 23.2. The summed E-state index contributed by atoms with van der Waals surface area (Å²) in [7, 11) is 1.73. The minimum Gasteiger partial charge on any atom is -0.381 e. The van der Waals surface area contributed by atoms with Crippen LogP contribution in [0.2, 0.25) is 0 Å². The number of halogens is 1. The molecule has 1 aliphatic heterocycles. The molecule has 2 heterocycles. The van der Waals surface area contributed by atoms with Crippen molar-refractivity contribution in [2.24, 2.45) is 5.41 Å². The zero-order chi connectivity index (χ0) is 13.3. The van der Waals surface area contributed by atoms with Gasteiger partial charge in [-0.05, 0) is 13.3 Å². The van der Waals surface area contributed by atoms with Crippen LogP contribution in [0.4, 0.5) is 10.2 Å². The van der Waals surface area contributed by atoms with Gasteiger partial charge in [-0.25, -0.2) is 14.4 Å². The van der Waals surface area contributed by atoms with Crippen molar-refractivity contribution in [2.45, 2.75) is 33.3 Å². The van der Waals surface area contributed by atoms with Crippen LogP contribution in [-0.4, -0.2) is 36.3 Å². The van der Waals surface area contributed by atoms with Crippen LogP contribution in [-0.2, 0) is 4.74 Å². The fraction of sp³-hybridized carbons (Fsp3) is 0.692. The van der Waals surface area contributed by atoms with Gasteiger partial charge in [0.2, 0.25) is 0 Å². The first kappa shape index (κ1) is 13.2. The lowest BCUT2D eigenvalue weighted by molar-refractivity contribution is -0.00657. The van der Waals surface area contributed by atoms with Crippen LogP contribution >= 0.6 is 0 Å². The highest BCUT2D eigenvalue weighted by Crippen LogP contribution is 2.33. The first-order chi connectivity index (χ1) is 8.45. The van der Waals surface area contributed by atoms with Crippen LogP contribution in [0.5, 0.6) is 0 Å². The van der Waals surface area contributed by atoms with Crippen molar-refractivity contribution in [3.05, 3.63) is 17.8 Å². The average molecular weight is 253 g/mol. The molecular formula is C13H20FN3O. The molecule has 0 radical (unpaired) electrons. The number of aromatic nitrogens is 2. The minimum atomic E-state index is -0.316. The summed E-state index contributed by atoms with van der Waals surface area (Å²) in [5.74, 6) is 0.0919. The third kappa shape index (κ3) is 2.32. The van der Waals surface area contributed by atoms with E-state index in [1.807, 2.05) is 4.90 Å². The lowest BCUT2D eigenvalue weighted by atomic mass is 9.81. The summed E-state index contributed by atoms with van der Waals surface area (Å²) in [6.07, 6.45) is 2.51. The quantitative estimate of drug-likeness (QED) is 0.809. The summed E-state index contributed by atoms with van der Waals surface area (Å²) in [6, 6.07) is 0. The molecule has 0 N–H and O–H groups in total. The van der Waals surface area contributed by atoms with E-state index in [1.54, 1.807) is 14.0 Å². The van der Waals surface area contributed by atoms with Gasteiger partial charge in [-0.3, -0.25) is 0 Å². The molecule has 0 saturated carbocycles. The zero-order valence-electron chi connectivity index (χ0n) is 11.4. The summed E-state index contributed by atoms with van der Waals surface area (Å²) >= 11 is 0. The Hall–Kier alpha value is -1.23. The van der Waals surface area contributed by atoms with Crippen LogP contribution < -0.4 is 4.90 Å². The summed E-state index contributed by atoms with van der Waals surface area (Å²) in [5.41, 5.74) is 0.379. The van der Waals surface area contributed by atoms with E-state index in [4.69, 9.17) is 4.74 Å². The zero-order valence-corrected chi connectivity index (χ0v) is 11.4. The molecule has 100 valence electrons. The molecule has 1 saturated heterocycles. The van der Waals surface area contributed by atoms with Gasteiger partial charge in [0.15, 0.2) is 11.6 Å². The van der Waals surface area contributed by atoms with Gasteiger partial charge in [0.05, 0.1) is 11.8 Å². The Morgan fingerprint density at radius 3 is 2.78 bits per heavy atom. The third-order valence-corrected chi connectivity index (χ3v) is 3.66. The number of anilines is 1. The number of hydrogen-bond acceptors (Lipinski definition) is 4. The predicted octanol–water partition coefficient (Wildman–Crippen LogP) is 2.18. The maximum Gasteiger partial charge on any atom is 0.186 e. The second kappa shape index (κ2) is 4.80. The molecule has 1 fully saturated rings. The van der Waals surface area contributed by atoms with Crippen molar-refractivity contribution in [3.63, 3.8) is 0 Å². The Balaban J connectivity index is 2.24. The summed E-state index contributed by atoms with van der Waals surface area (Å²) < 4.78 is 19.5. The number of piperidine rings is 1. The maximum absolute atomic E-state index is 14.0. The fourth-order valence-corrected chi connectivity index (χ4v) is 2.62. The van der Waals surface area contributed by atoms with Gasteiger partial charge in [-0.15, -0.1) is 0 Å². The molecule has 1 atom stereocenters. The van der Waals surface area contributed by atoms with Gasteiger partial charge in [-0.2, -0.15) is 0 Å². The van der Waals surface area contributed by atoms with Gasteiger partial charge < -0.3 is 9.64 Å². The van der Waals surface area contributed by atoms with Crippen molar-refractivity contribution in [1.29, 1.82) is 0 Å². The van der Waals surface area contributed by atoms with Gasteiger partial charge in [0, 0.05) is 25.6 Å². The van der Waals surface area contributed by atoms with Gasteiger partial charge in [0.25, 0.3) is 0 Å². The van der Waals surface area contributed by atoms with E-state index in [1.165, 1.54) is 6.33 Å². The Morgan fingerprint density at radius 1 is 1.44 bits per heavy atom. The molecule has 1 aromatic rings.